The van der Waals surface area contributed by atoms with Crippen molar-refractivity contribution in [2.45, 2.75) is 39.8 Å². The maximum Gasteiger partial charge on any atom is 0.261 e. The Bertz CT molecular complexity index is 821. The van der Waals surface area contributed by atoms with Crippen molar-refractivity contribution in [2.24, 2.45) is 0 Å². The molecule has 2 aromatic carbocycles. The van der Waals surface area contributed by atoms with Crippen LogP contribution in [0.25, 0.3) is 0 Å². The zero-order valence-corrected chi connectivity index (χ0v) is 16.8. The van der Waals surface area contributed by atoms with Gasteiger partial charge in [0.25, 0.3) is 5.91 Å². The molecule has 0 radical (unpaired) electrons. The number of halogens is 1. The molecule has 1 atom stereocenters. The summed E-state index contributed by atoms with van der Waals surface area (Å²) in [6.45, 7) is 5.76. The number of nitrogens with one attached hydrogen (secondary N) is 1. The second-order valence-electron chi connectivity index (χ2n) is 6.74. The van der Waals surface area contributed by atoms with Gasteiger partial charge in [0, 0.05) is 13.6 Å². The fourth-order valence-electron chi connectivity index (χ4n) is 3.06. The van der Waals surface area contributed by atoms with Crippen LogP contribution >= 0.6 is 0 Å². The van der Waals surface area contributed by atoms with Crippen LogP contribution in [0.2, 0.25) is 0 Å². The molecule has 1 N–H and O–H groups in total. The molecule has 28 heavy (non-hydrogen) atoms. The van der Waals surface area contributed by atoms with Gasteiger partial charge in [-0.15, -0.1) is 0 Å². The monoisotopic (exact) mass is 386 g/mol. The van der Waals surface area contributed by atoms with E-state index in [2.05, 4.69) is 5.32 Å². The summed E-state index contributed by atoms with van der Waals surface area (Å²) < 4.78 is 18.9. The Labute approximate surface area is 165 Å². The molecule has 1 unspecified atom stereocenters. The average Bonchev–Trinajstić information content (AvgIpc) is 2.68. The molecule has 0 spiro atoms. The molecule has 0 bridgehead atoms. The van der Waals surface area contributed by atoms with Crippen molar-refractivity contribution < 1.29 is 18.7 Å². The van der Waals surface area contributed by atoms with Crippen molar-refractivity contribution in [3.63, 3.8) is 0 Å². The molecule has 2 rings (SSSR count). The standard InChI is InChI=1S/C22H27FN2O3/c1-5-19(22(27)24-4)25(13-17-7-9-18(23)10-8-17)21(26)14-28-20-11-6-15(2)12-16(20)3/h6-12,19H,5,13-14H2,1-4H3,(H,24,27). The van der Waals surface area contributed by atoms with Gasteiger partial charge in [-0.05, 0) is 49.6 Å². The van der Waals surface area contributed by atoms with Crippen molar-refractivity contribution >= 4 is 11.8 Å². The number of likely N-dealkylation sites (N-methyl/N-ethyl adjacent to an activating group) is 1. The molecule has 150 valence electrons. The molecule has 2 aromatic rings. The summed E-state index contributed by atoms with van der Waals surface area (Å²) in [7, 11) is 1.54. The lowest BCUT2D eigenvalue weighted by atomic mass is 10.1. The minimum atomic E-state index is -0.634. The minimum Gasteiger partial charge on any atom is -0.483 e. The molecule has 0 aromatic heterocycles. The van der Waals surface area contributed by atoms with E-state index in [0.29, 0.717) is 12.2 Å². The molecule has 5 nitrogen and oxygen atoms in total. The van der Waals surface area contributed by atoms with Gasteiger partial charge >= 0.3 is 0 Å². The first-order valence-corrected chi connectivity index (χ1v) is 9.31. The third kappa shape index (κ3) is 5.55. The van der Waals surface area contributed by atoms with E-state index in [1.807, 2.05) is 39.0 Å². The van der Waals surface area contributed by atoms with Crippen molar-refractivity contribution in [1.29, 1.82) is 0 Å². The highest BCUT2D eigenvalue weighted by atomic mass is 19.1. The highest BCUT2D eigenvalue weighted by Gasteiger charge is 2.28. The Kier molecular flexibility index (Phi) is 7.55. The number of aryl methyl sites for hydroxylation is 2. The van der Waals surface area contributed by atoms with Gasteiger partial charge in [0.1, 0.15) is 17.6 Å². The highest BCUT2D eigenvalue weighted by molar-refractivity contribution is 5.88. The number of ether oxygens (including phenoxy) is 1. The van der Waals surface area contributed by atoms with Crippen LogP contribution in [0.1, 0.15) is 30.0 Å². The summed E-state index contributed by atoms with van der Waals surface area (Å²) in [6.07, 6.45) is 0.455. The van der Waals surface area contributed by atoms with Crippen molar-refractivity contribution in [1.82, 2.24) is 10.2 Å². The largest absolute Gasteiger partial charge is 0.483 e. The molecule has 2 amide bonds. The van der Waals surface area contributed by atoms with Crippen molar-refractivity contribution in [3.8, 4) is 5.75 Å². The third-order valence-electron chi connectivity index (χ3n) is 4.58. The van der Waals surface area contributed by atoms with E-state index in [9.17, 15) is 14.0 Å². The number of carbonyl (C=O) groups is 2. The quantitative estimate of drug-likeness (QED) is 0.757. The molecule has 0 saturated heterocycles. The van der Waals surface area contributed by atoms with Crippen LogP contribution in [0.5, 0.6) is 5.75 Å². The van der Waals surface area contributed by atoms with E-state index in [4.69, 9.17) is 4.74 Å². The van der Waals surface area contributed by atoms with E-state index < -0.39 is 6.04 Å². The molecule has 0 fully saturated rings. The fraction of sp³-hybridized carbons (Fsp3) is 0.364. The van der Waals surface area contributed by atoms with Crippen molar-refractivity contribution in [3.05, 3.63) is 65.0 Å². The maximum atomic E-state index is 13.2. The van der Waals surface area contributed by atoms with E-state index in [1.165, 1.54) is 24.1 Å². The van der Waals surface area contributed by atoms with E-state index in [1.54, 1.807) is 12.1 Å². The van der Waals surface area contributed by atoms with Crippen LogP contribution in [0.3, 0.4) is 0 Å². The number of amides is 2. The third-order valence-corrected chi connectivity index (χ3v) is 4.58. The summed E-state index contributed by atoms with van der Waals surface area (Å²) in [5.74, 6) is -0.268. The predicted octanol–water partition coefficient (Wildman–Crippen LogP) is 3.37. The summed E-state index contributed by atoms with van der Waals surface area (Å²) in [6, 6.07) is 11.0. The van der Waals surface area contributed by atoms with Gasteiger partial charge in [-0.25, -0.2) is 4.39 Å². The van der Waals surface area contributed by atoms with Gasteiger partial charge in [0.15, 0.2) is 6.61 Å². The van der Waals surface area contributed by atoms with Crippen LogP contribution in [0.15, 0.2) is 42.5 Å². The number of hydrogen-bond donors (Lipinski definition) is 1. The van der Waals surface area contributed by atoms with Crippen LogP contribution in [-0.2, 0) is 16.1 Å². The van der Waals surface area contributed by atoms with E-state index >= 15 is 0 Å². The fourth-order valence-corrected chi connectivity index (χ4v) is 3.06. The average molecular weight is 386 g/mol. The van der Waals surface area contributed by atoms with Crippen LogP contribution in [-0.4, -0.2) is 36.4 Å². The lowest BCUT2D eigenvalue weighted by Gasteiger charge is -2.30. The topological polar surface area (TPSA) is 58.6 Å². The van der Waals surface area contributed by atoms with Gasteiger partial charge in [-0.3, -0.25) is 9.59 Å². The predicted molar refractivity (Wildman–Crippen MR) is 107 cm³/mol. The smallest absolute Gasteiger partial charge is 0.261 e. The van der Waals surface area contributed by atoms with Gasteiger partial charge < -0.3 is 15.0 Å². The molecular weight excluding hydrogens is 359 g/mol. The lowest BCUT2D eigenvalue weighted by molar-refractivity contribution is -0.142. The number of benzene rings is 2. The Balaban J connectivity index is 2.19. The Morgan fingerprint density at radius 1 is 1.14 bits per heavy atom. The molecular formula is C22H27FN2O3. The van der Waals surface area contributed by atoms with Crippen LogP contribution in [0.4, 0.5) is 4.39 Å². The summed E-state index contributed by atoms with van der Waals surface area (Å²) >= 11 is 0. The maximum absolute atomic E-state index is 13.2. The Hall–Kier alpha value is -2.89. The normalized spacial score (nSPS) is 11.6. The SMILES string of the molecule is CCC(C(=O)NC)N(Cc1ccc(F)cc1)C(=O)COc1ccc(C)cc1C. The number of rotatable bonds is 8. The Morgan fingerprint density at radius 3 is 2.39 bits per heavy atom. The minimum absolute atomic E-state index is 0.182. The van der Waals surface area contributed by atoms with Gasteiger partial charge in [0.2, 0.25) is 5.91 Å². The number of carbonyl (C=O) groups excluding carboxylic acids is 2. The second-order valence-corrected chi connectivity index (χ2v) is 6.74. The first-order chi connectivity index (χ1) is 13.3. The van der Waals surface area contributed by atoms with Crippen LogP contribution < -0.4 is 10.1 Å². The number of nitrogens with zero attached hydrogens (tertiary/aromatic N) is 1. The lowest BCUT2D eigenvalue weighted by Crippen LogP contribution is -2.49. The van der Waals surface area contributed by atoms with Gasteiger partial charge in [-0.1, -0.05) is 36.8 Å². The zero-order chi connectivity index (χ0) is 20.7. The first-order valence-electron chi connectivity index (χ1n) is 9.31. The highest BCUT2D eigenvalue weighted by Crippen LogP contribution is 2.19. The summed E-state index contributed by atoms with van der Waals surface area (Å²) in [4.78, 5) is 26.7. The molecule has 0 saturated carbocycles. The number of hydrogen-bond acceptors (Lipinski definition) is 3. The molecule has 6 heteroatoms. The molecule has 0 aliphatic rings. The summed E-state index contributed by atoms with van der Waals surface area (Å²) in [5, 5.41) is 2.60. The van der Waals surface area contributed by atoms with Crippen LogP contribution in [0, 0.1) is 19.7 Å². The Morgan fingerprint density at radius 2 is 1.82 bits per heavy atom. The first kappa shape index (κ1) is 21.4. The molecule has 0 heterocycles. The van der Waals surface area contributed by atoms with Crippen molar-refractivity contribution in [2.75, 3.05) is 13.7 Å². The van der Waals surface area contributed by atoms with Gasteiger partial charge in [-0.2, -0.15) is 0 Å². The molecule has 0 aliphatic heterocycles. The van der Waals surface area contributed by atoms with E-state index in [0.717, 1.165) is 16.7 Å². The van der Waals surface area contributed by atoms with E-state index in [-0.39, 0.29) is 30.8 Å². The van der Waals surface area contributed by atoms with Gasteiger partial charge in [0.05, 0.1) is 0 Å². The summed E-state index contributed by atoms with van der Waals surface area (Å²) in [5.41, 5.74) is 2.79. The second kappa shape index (κ2) is 9.88. The molecule has 0 aliphatic carbocycles. The zero-order valence-electron chi connectivity index (χ0n) is 16.8.